The van der Waals surface area contributed by atoms with E-state index in [1.54, 1.807) is 0 Å². The van der Waals surface area contributed by atoms with Crippen LogP contribution in [0.5, 0.6) is 0 Å². The Morgan fingerprint density at radius 2 is 1.88 bits per heavy atom. The second-order valence-corrected chi connectivity index (χ2v) is 6.76. The van der Waals surface area contributed by atoms with Crippen molar-refractivity contribution < 1.29 is 9.47 Å². The minimum Gasteiger partial charge on any atom is -0.346 e. The molecular weight excluding hydrogens is 200 g/mol. The van der Waals surface area contributed by atoms with Gasteiger partial charge in [-0.1, -0.05) is 26.8 Å². The lowest BCUT2D eigenvalue weighted by molar-refractivity contribution is -0.259. The van der Waals surface area contributed by atoms with E-state index in [2.05, 4.69) is 46.8 Å². The van der Waals surface area contributed by atoms with Gasteiger partial charge in [0.1, 0.15) is 0 Å². The average Bonchev–Trinajstić information content (AvgIpc) is 2.41. The lowest BCUT2D eigenvalue weighted by atomic mass is 9.76. The highest BCUT2D eigenvalue weighted by molar-refractivity contribution is 5.13. The van der Waals surface area contributed by atoms with Crippen LogP contribution in [0.3, 0.4) is 0 Å². The summed E-state index contributed by atoms with van der Waals surface area (Å²) in [6.45, 7) is 11.8. The van der Waals surface area contributed by atoms with Crippen molar-refractivity contribution in [3.05, 3.63) is 12.2 Å². The highest BCUT2D eigenvalue weighted by Gasteiger charge is 2.45. The van der Waals surface area contributed by atoms with Crippen LogP contribution in [-0.4, -0.2) is 18.0 Å². The maximum Gasteiger partial charge on any atom is 0.188 e. The minimum absolute atomic E-state index is 0.172. The minimum atomic E-state index is -0.425. The Bertz CT molecular complexity index is 288. The molecule has 0 aromatic heterocycles. The second kappa shape index (κ2) is 3.58. The van der Waals surface area contributed by atoms with Gasteiger partial charge in [-0.3, -0.25) is 0 Å². The van der Waals surface area contributed by atoms with Crippen LogP contribution in [0.2, 0.25) is 0 Å². The molecule has 2 aliphatic heterocycles. The first-order valence-electron chi connectivity index (χ1n) is 6.27. The fourth-order valence-corrected chi connectivity index (χ4v) is 2.51. The van der Waals surface area contributed by atoms with Gasteiger partial charge >= 0.3 is 0 Å². The summed E-state index contributed by atoms with van der Waals surface area (Å²) in [6.07, 6.45) is 6.38. The third-order valence-corrected chi connectivity index (χ3v) is 3.77. The fraction of sp³-hybridized carbons (Fsp3) is 0.857. The monoisotopic (exact) mass is 224 g/mol. The zero-order valence-electron chi connectivity index (χ0n) is 11.2. The molecule has 0 aliphatic carbocycles. The van der Waals surface area contributed by atoms with Gasteiger partial charge < -0.3 is 9.47 Å². The first-order chi connectivity index (χ1) is 7.23. The molecule has 1 saturated heterocycles. The molecule has 1 spiro atoms. The Hall–Kier alpha value is -0.340. The van der Waals surface area contributed by atoms with Gasteiger partial charge in [0.15, 0.2) is 5.79 Å². The van der Waals surface area contributed by atoms with Crippen molar-refractivity contribution in [3.63, 3.8) is 0 Å². The molecule has 0 N–H and O–H groups in total. The maximum atomic E-state index is 6.00. The second-order valence-electron chi connectivity index (χ2n) is 6.76. The summed E-state index contributed by atoms with van der Waals surface area (Å²) in [5.74, 6) is 0.212. The van der Waals surface area contributed by atoms with Gasteiger partial charge in [0.05, 0.1) is 12.2 Å². The van der Waals surface area contributed by atoms with E-state index in [1.165, 1.54) is 6.42 Å². The van der Waals surface area contributed by atoms with Crippen molar-refractivity contribution in [1.82, 2.24) is 0 Å². The highest BCUT2D eigenvalue weighted by atomic mass is 16.7. The highest BCUT2D eigenvalue weighted by Crippen LogP contribution is 2.43. The standard InChI is InChI=1S/C14H24O2/c1-12(2,3)11-6-7-14(15-10-11)9-8-13(4,5)16-14/h8-9,11H,6-7,10H2,1-5H3/t11-,14+/m1/s1. The van der Waals surface area contributed by atoms with Crippen molar-refractivity contribution in [2.75, 3.05) is 6.61 Å². The van der Waals surface area contributed by atoms with E-state index in [9.17, 15) is 0 Å². The molecule has 2 heteroatoms. The van der Waals surface area contributed by atoms with Crippen LogP contribution in [0.4, 0.5) is 0 Å². The molecule has 0 aromatic rings. The summed E-state index contributed by atoms with van der Waals surface area (Å²) in [5, 5.41) is 0. The molecule has 2 aliphatic rings. The van der Waals surface area contributed by atoms with Gasteiger partial charge in [-0.05, 0) is 37.7 Å². The van der Waals surface area contributed by atoms with Gasteiger partial charge in [-0.15, -0.1) is 0 Å². The lowest BCUT2D eigenvalue weighted by Crippen LogP contribution is -2.43. The summed E-state index contributed by atoms with van der Waals surface area (Å²) < 4.78 is 12.0. The molecule has 0 amide bonds. The Labute approximate surface area is 99.0 Å². The molecule has 2 nitrogen and oxygen atoms in total. The smallest absolute Gasteiger partial charge is 0.188 e. The summed E-state index contributed by atoms with van der Waals surface area (Å²) >= 11 is 0. The summed E-state index contributed by atoms with van der Waals surface area (Å²) in [4.78, 5) is 0. The van der Waals surface area contributed by atoms with Crippen molar-refractivity contribution in [1.29, 1.82) is 0 Å². The lowest BCUT2D eigenvalue weighted by Gasteiger charge is -2.42. The number of ether oxygens (including phenoxy) is 2. The van der Waals surface area contributed by atoms with E-state index >= 15 is 0 Å². The van der Waals surface area contributed by atoms with Gasteiger partial charge in [0.2, 0.25) is 0 Å². The van der Waals surface area contributed by atoms with E-state index in [-0.39, 0.29) is 5.60 Å². The van der Waals surface area contributed by atoms with Gasteiger partial charge in [-0.25, -0.2) is 0 Å². The Morgan fingerprint density at radius 3 is 2.25 bits per heavy atom. The van der Waals surface area contributed by atoms with Crippen molar-refractivity contribution >= 4 is 0 Å². The molecule has 2 rings (SSSR count). The number of rotatable bonds is 0. The summed E-state index contributed by atoms with van der Waals surface area (Å²) in [5.41, 5.74) is 0.161. The summed E-state index contributed by atoms with van der Waals surface area (Å²) in [6, 6.07) is 0. The Balaban J connectivity index is 1.99. The first kappa shape index (κ1) is 12.1. The molecule has 2 atom stereocenters. The van der Waals surface area contributed by atoms with Crippen LogP contribution < -0.4 is 0 Å². The first-order valence-corrected chi connectivity index (χ1v) is 6.27. The third kappa shape index (κ3) is 2.33. The van der Waals surface area contributed by atoms with Crippen molar-refractivity contribution in [2.24, 2.45) is 11.3 Å². The molecule has 0 radical (unpaired) electrons. The molecular formula is C14H24O2. The van der Waals surface area contributed by atoms with Gasteiger partial charge in [0.25, 0.3) is 0 Å². The SMILES string of the molecule is CC1(C)C=C[C@]2(CC[C@@H](C(C)(C)C)CO2)O1. The Kier molecular flexibility index (Phi) is 2.71. The molecule has 0 aromatic carbocycles. The molecule has 0 bridgehead atoms. The zero-order chi connectivity index (χ0) is 12.0. The molecule has 16 heavy (non-hydrogen) atoms. The zero-order valence-corrected chi connectivity index (χ0v) is 11.2. The van der Waals surface area contributed by atoms with E-state index < -0.39 is 5.79 Å². The Morgan fingerprint density at radius 1 is 1.19 bits per heavy atom. The van der Waals surface area contributed by atoms with Crippen LogP contribution in [0.25, 0.3) is 0 Å². The predicted molar refractivity (Wildman–Crippen MR) is 65.2 cm³/mol. The number of hydrogen-bond acceptors (Lipinski definition) is 2. The number of hydrogen-bond donors (Lipinski definition) is 0. The average molecular weight is 224 g/mol. The van der Waals surface area contributed by atoms with Gasteiger partial charge in [0, 0.05) is 6.42 Å². The van der Waals surface area contributed by atoms with Crippen molar-refractivity contribution in [2.45, 2.75) is 58.8 Å². The molecule has 0 saturated carbocycles. The predicted octanol–water partition coefficient (Wildman–Crippen LogP) is 3.52. The topological polar surface area (TPSA) is 18.5 Å². The van der Waals surface area contributed by atoms with Crippen LogP contribution in [0.1, 0.15) is 47.5 Å². The van der Waals surface area contributed by atoms with E-state index in [0.29, 0.717) is 11.3 Å². The molecule has 92 valence electrons. The van der Waals surface area contributed by atoms with Crippen molar-refractivity contribution in [3.8, 4) is 0 Å². The van der Waals surface area contributed by atoms with E-state index in [1.807, 2.05) is 0 Å². The van der Waals surface area contributed by atoms with Crippen LogP contribution >= 0.6 is 0 Å². The quantitative estimate of drug-likeness (QED) is 0.586. The third-order valence-electron chi connectivity index (χ3n) is 3.77. The van der Waals surface area contributed by atoms with Crippen LogP contribution in [0, 0.1) is 11.3 Å². The molecule has 0 unspecified atom stereocenters. The molecule has 2 heterocycles. The van der Waals surface area contributed by atoms with Crippen LogP contribution in [-0.2, 0) is 9.47 Å². The van der Waals surface area contributed by atoms with E-state index in [0.717, 1.165) is 13.0 Å². The van der Waals surface area contributed by atoms with Gasteiger partial charge in [-0.2, -0.15) is 0 Å². The van der Waals surface area contributed by atoms with E-state index in [4.69, 9.17) is 9.47 Å². The maximum absolute atomic E-state index is 6.00. The molecule has 1 fully saturated rings. The summed E-state index contributed by atoms with van der Waals surface area (Å²) in [7, 11) is 0. The van der Waals surface area contributed by atoms with Crippen LogP contribution in [0.15, 0.2) is 12.2 Å². The fourth-order valence-electron chi connectivity index (χ4n) is 2.51. The normalized spacial score (nSPS) is 38.2. The largest absolute Gasteiger partial charge is 0.346 e.